The Kier molecular flexibility index (Phi) is 4.55. The van der Waals surface area contributed by atoms with Crippen molar-refractivity contribution in [2.75, 3.05) is 6.54 Å². The Morgan fingerprint density at radius 2 is 2.30 bits per heavy atom. The van der Waals surface area contributed by atoms with Crippen LogP contribution < -0.4 is 5.32 Å². The van der Waals surface area contributed by atoms with Gasteiger partial charge < -0.3 is 15.0 Å². The Morgan fingerprint density at radius 3 is 3.00 bits per heavy atom. The van der Waals surface area contributed by atoms with Gasteiger partial charge in [-0.25, -0.2) is 4.98 Å². The molecule has 1 unspecified atom stereocenters. The zero-order valence-electron chi connectivity index (χ0n) is 12.6. The Bertz CT molecular complexity index is 782. The van der Waals surface area contributed by atoms with Crippen LogP contribution in [0.25, 0.3) is 5.69 Å². The van der Waals surface area contributed by atoms with Crippen molar-refractivity contribution < 1.29 is 9.90 Å². The first-order chi connectivity index (χ1) is 11.1. The Labute approximate surface area is 138 Å². The van der Waals surface area contributed by atoms with Crippen LogP contribution in [0.5, 0.6) is 0 Å². The van der Waals surface area contributed by atoms with Gasteiger partial charge in [0.05, 0.1) is 23.7 Å². The van der Waals surface area contributed by atoms with Crippen molar-refractivity contribution in [1.82, 2.24) is 14.9 Å². The van der Waals surface area contributed by atoms with Crippen LogP contribution in [0.3, 0.4) is 0 Å². The molecule has 3 rings (SSSR count). The number of amides is 1. The lowest BCUT2D eigenvalue weighted by Crippen LogP contribution is -2.29. The van der Waals surface area contributed by atoms with E-state index in [0.29, 0.717) is 5.56 Å². The summed E-state index contributed by atoms with van der Waals surface area (Å²) < 4.78 is 1.80. The molecule has 2 aromatic heterocycles. The second-order valence-electron chi connectivity index (χ2n) is 5.27. The number of hydrogen-bond donors (Lipinski definition) is 2. The molecule has 2 heterocycles. The summed E-state index contributed by atoms with van der Waals surface area (Å²) in [5.74, 6) is -0.216. The van der Waals surface area contributed by atoms with Crippen molar-refractivity contribution in [3.63, 3.8) is 0 Å². The van der Waals surface area contributed by atoms with E-state index in [0.717, 1.165) is 16.8 Å². The summed E-state index contributed by atoms with van der Waals surface area (Å²) in [6, 6.07) is 7.53. The number of nitrogens with one attached hydrogen (secondary N) is 1. The van der Waals surface area contributed by atoms with Crippen LogP contribution in [0.15, 0.2) is 53.7 Å². The molecule has 2 N–H and O–H groups in total. The van der Waals surface area contributed by atoms with E-state index < -0.39 is 6.10 Å². The second-order valence-corrected chi connectivity index (χ2v) is 6.05. The molecule has 0 aliphatic heterocycles. The molecule has 5 nitrogen and oxygen atoms in total. The molecule has 1 amide bonds. The van der Waals surface area contributed by atoms with Gasteiger partial charge in [0.1, 0.15) is 0 Å². The van der Waals surface area contributed by atoms with Crippen LogP contribution in [0.2, 0.25) is 0 Å². The molecular weight excluding hydrogens is 310 g/mol. The van der Waals surface area contributed by atoms with Gasteiger partial charge in [-0.05, 0) is 41.4 Å². The van der Waals surface area contributed by atoms with E-state index in [2.05, 4.69) is 10.3 Å². The maximum absolute atomic E-state index is 12.5. The summed E-state index contributed by atoms with van der Waals surface area (Å²) in [6.07, 6.45) is 4.41. The minimum atomic E-state index is -0.702. The zero-order chi connectivity index (χ0) is 16.2. The summed E-state index contributed by atoms with van der Waals surface area (Å²) in [6.45, 7) is 2.11. The van der Waals surface area contributed by atoms with E-state index in [1.807, 2.05) is 41.9 Å². The molecule has 1 aromatic carbocycles. The molecule has 118 valence electrons. The maximum atomic E-state index is 12.5. The van der Waals surface area contributed by atoms with E-state index in [9.17, 15) is 9.90 Å². The normalized spacial score (nSPS) is 12.1. The van der Waals surface area contributed by atoms with Crippen LogP contribution >= 0.6 is 11.3 Å². The van der Waals surface area contributed by atoms with Crippen LogP contribution in [0.1, 0.15) is 27.6 Å². The van der Waals surface area contributed by atoms with Crippen molar-refractivity contribution in [2.24, 2.45) is 0 Å². The van der Waals surface area contributed by atoms with Gasteiger partial charge in [0.2, 0.25) is 0 Å². The lowest BCUT2D eigenvalue weighted by Gasteiger charge is -2.14. The number of benzene rings is 1. The maximum Gasteiger partial charge on any atom is 0.253 e. The number of aromatic nitrogens is 2. The predicted octanol–water partition coefficient (Wildman–Crippen LogP) is 2.71. The molecule has 1 atom stereocenters. The number of carbonyl (C=O) groups excluding carboxylic acids is 1. The van der Waals surface area contributed by atoms with Crippen LogP contribution in [-0.2, 0) is 0 Å². The summed E-state index contributed by atoms with van der Waals surface area (Å²) in [5.41, 5.74) is 3.13. The fraction of sp³-hybridized carbons (Fsp3) is 0.176. The van der Waals surface area contributed by atoms with Gasteiger partial charge in [0.15, 0.2) is 0 Å². The predicted molar refractivity (Wildman–Crippen MR) is 89.9 cm³/mol. The van der Waals surface area contributed by atoms with Gasteiger partial charge in [-0.15, -0.1) is 0 Å². The first kappa shape index (κ1) is 15.5. The fourth-order valence-corrected chi connectivity index (χ4v) is 3.03. The molecule has 0 fully saturated rings. The fourth-order valence-electron chi connectivity index (χ4n) is 2.33. The molecule has 0 bridgehead atoms. The van der Waals surface area contributed by atoms with Crippen molar-refractivity contribution in [3.8, 4) is 5.69 Å². The van der Waals surface area contributed by atoms with Gasteiger partial charge >= 0.3 is 0 Å². The molecule has 0 aliphatic carbocycles. The average Bonchev–Trinajstić information content (AvgIpc) is 3.25. The molecule has 0 radical (unpaired) electrons. The van der Waals surface area contributed by atoms with Gasteiger partial charge in [-0.2, -0.15) is 11.3 Å². The highest BCUT2D eigenvalue weighted by Gasteiger charge is 2.15. The molecule has 0 spiro atoms. The molecular formula is C17H17N3O2S. The first-order valence-corrected chi connectivity index (χ1v) is 8.17. The quantitative estimate of drug-likeness (QED) is 0.757. The van der Waals surface area contributed by atoms with E-state index >= 15 is 0 Å². The largest absolute Gasteiger partial charge is 0.387 e. The van der Waals surface area contributed by atoms with Crippen LogP contribution in [0.4, 0.5) is 0 Å². The van der Waals surface area contributed by atoms with E-state index in [-0.39, 0.29) is 12.5 Å². The topological polar surface area (TPSA) is 67.2 Å². The number of aliphatic hydroxyl groups is 1. The van der Waals surface area contributed by atoms with Gasteiger partial charge in [-0.3, -0.25) is 4.79 Å². The number of hydrogen-bond acceptors (Lipinski definition) is 4. The highest BCUT2D eigenvalue weighted by molar-refractivity contribution is 7.07. The molecule has 0 saturated heterocycles. The smallest absolute Gasteiger partial charge is 0.253 e. The van der Waals surface area contributed by atoms with Crippen molar-refractivity contribution in [1.29, 1.82) is 0 Å². The summed E-state index contributed by atoms with van der Waals surface area (Å²) in [5, 5.41) is 16.7. The number of imidazole rings is 1. The second kappa shape index (κ2) is 6.76. The van der Waals surface area contributed by atoms with Crippen LogP contribution in [-0.4, -0.2) is 27.1 Å². The van der Waals surface area contributed by atoms with Gasteiger partial charge in [0.25, 0.3) is 5.91 Å². The van der Waals surface area contributed by atoms with Gasteiger partial charge in [0, 0.05) is 18.9 Å². The molecule has 6 heteroatoms. The molecule has 0 aliphatic rings. The van der Waals surface area contributed by atoms with Crippen molar-refractivity contribution in [2.45, 2.75) is 13.0 Å². The minimum Gasteiger partial charge on any atom is -0.387 e. The minimum absolute atomic E-state index is 0.173. The first-order valence-electron chi connectivity index (χ1n) is 7.22. The Morgan fingerprint density at radius 1 is 1.43 bits per heavy atom. The number of thiophene rings is 1. The number of nitrogens with zero attached hydrogens (tertiary/aromatic N) is 2. The third kappa shape index (κ3) is 3.49. The van der Waals surface area contributed by atoms with Gasteiger partial charge in [-0.1, -0.05) is 11.6 Å². The SMILES string of the molecule is Cc1ccc(-n2ccnc2)c(C(=O)NCC(O)c2ccsc2)c1. The molecule has 3 aromatic rings. The van der Waals surface area contributed by atoms with E-state index in [1.54, 1.807) is 23.3 Å². The highest BCUT2D eigenvalue weighted by Crippen LogP contribution is 2.18. The summed E-state index contributed by atoms with van der Waals surface area (Å²) in [7, 11) is 0. The standard InChI is InChI=1S/C17H17N3O2S/c1-12-2-3-15(20-6-5-18-11-20)14(8-12)17(22)19-9-16(21)13-4-7-23-10-13/h2-8,10-11,16,21H,9H2,1H3,(H,19,22). The molecule has 0 saturated carbocycles. The lowest BCUT2D eigenvalue weighted by atomic mass is 10.1. The van der Waals surface area contributed by atoms with E-state index in [4.69, 9.17) is 0 Å². The number of carbonyl (C=O) groups is 1. The Balaban J connectivity index is 1.78. The third-order valence-electron chi connectivity index (χ3n) is 3.56. The monoisotopic (exact) mass is 327 g/mol. The Hall–Kier alpha value is -2.44. The average molecular weight is 327 g/mol. The van der Waals surface area contributed by atoms with E-state index in [1.165, 1.54) is 11.3 Å². The van der Waals surface area contributed by atoms with Crippen LogP contribution in [0, 0.1) is 6.92 Å². The van der Waals surface area contributed by atoms with Crippen molar-refractivity contribution >= 4 is 17.2 Å². The third-order valence-corrected chi connectivity index (χ3v) is 4.26. The number of aliphatic hydroxyl groups excluding tert-OH is 1. The number of aryl methyl sites for hydroxylation is 1. The van der Waals surface area contributed by atoms with Crippen molar-refractivity contribution in [3.05, 3.63) is 70.4 Å². The number of rotatable bonds is 5. The lowest BCUT2D eigenvalue weighted by molar-refractivity contribution is 0.0916. The zero-order valence-corrected chi connectivity index (χ0v) is 13.5. The summed E-state index contributed by atoms with van der Waals surface area (Å²) >= 11 is 1.52. The summed E-state index contributed by atoms with van der Waals surface area (Å²) in [4.78, 5) is 16.6. The molecule has 23 heavy (non-hydrogen) atoms. The highest BCUT2D eigenvalue weighted by atomic mass is 32.1.